The lowest BCUT2D eigenvalue weighted by Gasteiger charge is -2.13. The lowest BCUT2D eigenvalue weighted by molar-refractivity contribution is -0.117. The number of hydrogen-bond donors (Lipinski definition) is 1. The number of sulfonamides is 1. The van der Waals surface area contributed by atoms with E-state index in [4.69, 9.17) is 11.6 Å². The van der Waals surface area contributed by atoms with Crippen LogP contribution in [0.1, 0.15) is 6.92 Å². The first kappa shape index (κ1) is 20.0. The van der Waals surface area contributed by atoms with Gasteiger partial charge in [-0.1, -0.05) is 11.6 Å². The van der Waals surface area contributed by atoms with Crippen LogP contribution < -0.4 is 4.72 Å². The number of nitrogens with one attached hydrogen (secondary N) is 1. The summed E-state index contributed by atoms with van der Waals surface area (Å²) in [5, 5.41) is -0.788. The molecule has 0 spiro atoms. The summed E-state index contributed by atoms with van der Waals surface area (Å²) in [5.74, 6) is -14.5. The molecule has 0 aliphatic carbocycles. The van der Waals surface area contributed by atoms with Gasteiger partial charge in [-0.15, -0.1) is 0 Å². The van der Waals surface area contributed by atoms with E-state index in [1.807, 2.05) is 0 Å². The number of hydrogen-bond acceptors (Lipinski definition) is 3. The van der Waals surface area contributed by atoms with Gasteiger partial charge in [-0.3, -0.25) is 4.79 Å². The molecule has 0 heterocycles. The largest absolute Gasteiger partial charge is 0.274 e. The van der Waals surface area contributed by atoms with Crippen LogP contribution in [0.25, 0.3) is 11.1 Å². The second-order valence-electron chi connectivity index (χ2n) is 4.87. The van der Waals surface area contributed by atoms with Crippen molar-refractivity contribution in [3.63, 3.8) is 0 Å². The van der Waals surface area contributed by atoms with Crippen LogP contribution in [0, 0.1) is 34.9 Å². The van der Waals surface area contributed by atoms with Crippen LogP contribution in [-0.4, -0.2) is 14.3 Å². The second-order valence-corrected chi connectivity index (χ2v) is 6.93. The molecular weight excluding hydrogens is 412 g/mol. The molecule has 0 aromatic heterocycles. The monoisotopic (exact) mass is 417 g/mol. The Labute approximate surface area is 147 Å². The van der Waals surface area contributed by atoms with Gasteiger partial charge in [-0.05, 0) is 12.1 Å². The molecule has 2 aromatic carbocycles. The molecule has 0 saturated carbocycles. The molecule has 0 unspecified atom stereocenters. The zero-order chi connectivity index (χ0) is 20.0. The zero-order valence-electron chi connectivity index (χ0n) is 12.4. The third kappa shape index (κ3) is 3.36. The van der Waals surface area contributed by atoms with Crippen molar-refractivity contribution in [2.45, 2.75) is 11.8 Å². The summed E-state index contributed by atoms with van der Waals surface area (Å²) in [6.45, 7) is 0.819. The van der Waals surface area contributed by atoms with E-state index in [0.717, 1.165) is 6.92 Å². The maximum absolute atomic E-state index is 14.1. The summed E-state index contributed by atoms with van der Waals surface area (Å²) in [5.41, 5.74) is -2.94. The number of carbonyl (C=O) groups is 1. The molecule has 0 aliphatic rings. The Morgan fingerprint density at radius 1 is 0.923 bits per heavy atom. The molecule has 0 atom stereocenters. The molecule has 1 N–H and O–H groups in total. The third-order valence-electron chi connectivity index (χ3n) is 3.07. The quantitative estimate of drug-likeness (QED) is 0.471. The first-order valence-corrected chi connectivity index (χ1v) is 8.28. The van der Waals surface area contributed by atoms with Gasteiger partial charge in [0.25, 0.3) is 10.0 Å². The van der Waals surface area contributed by atoms with Crippen LogP contribution in [0.5, 0.6) is 0 Å². The average molecular weight is 418 g/mol. The molecule has 26 heavy (non-hydrogen) atoms. The first-order valence-electron chi connectivity index (χ1n) is 6.42. The lowest BCUT2D eigenvalue weighted by Crippen LogP contribution is -2.28. The highest BCUT2D eigenvalue weighted by atomic mass is 35.5. The van der Waals surface area contributed by atoms with Crippen molar-refractivity contribution in [1.82, 2.24) is 4.72 Å². The Morgan fingerprint density at radius 3 is 1.85 bits per heavy atom. The standard InChI is InChI=1S/C14H6ClF6NO3S/c1-4(23)22-26(24,25)8-2-5(7(16)3-6(8)15)9-10(17)12(19)14(21)13(20)11(9)18/h2-3H,1H3,(H,22,23). The van der Waals surface area contributed by atoms with Gasteiger partial charge < -0.3 is 0 Å². The SMILES string of the molecule is CC(=O)NS(=O)(=O)c1cc(-c2c(F)c(F)c(F)c(F)c2F)c(F)cc1Cl. The van der Waals surface area contributed by atoms with Gasteiger partial charge in [0.05, 0.1) is 10.6 Å². The highest BCUT2D eigenvalue weighted by Crippen LogP contribution is 2.36. The van der Waals surface area contributed by atoms with Crippen molar-refractivity contribution in [2.75, 3.05) is 0 Å². The van der Waals surface area contributed by atoms with Crippen LogP contribution in [-0.2, 0) is 14.8 Å². The molecule has 0 bridgehead atoms. The summed E-state index contributed by atoms with van der Waals surface area (Å²) < 4.78 is 107. The smallest absolute Gasteiger partial charge is 0.265 e. The van der Waals surface area contributed by atoms with Gasteiger partial charge >= 0.3 is 0 Å². The molecule has 2 rings (SSSR count). The molecule has 1 amide bonds. The van der Waals surface area contributed by atoms with Gasteiger partial charge in [0.2, 0.25) is 11.7 Å². The van der Waals surface area contributed by atoms with Crippen molar-refractivity contribution in [3.05, 3.63) is 52.1 Å². The van der Waals surface area contributed by atoms with E-state index >= 15 is 0 Å². The van der Waals surface area contributed by atoms with Crippen molar-refractivity contribution in [2.24, 2.45) is 0 Å². The lowest BCUT2D eigenvalue weighted by atomic mass is 10.0. The van der Waals surface area contributed by atoms with Crippen molar-refractivity contribution >= 4 is 27.5 Å². The minimum atomic E-state index is -4.70. The highest BCUT2D eigenvalue weighted by Gasteiger charge is 2.30. The topological polar surface area (TPSA) is 63.2 Å². The predicted octanol–water partition coefficient (Wildman–Crippen LogP) is 3.67. The minimum absolute atomic E-state index is 0.251. The van der Waals surface area contributed by atoms with Gasteiger partial charge in [0.1, 0.15) is 10.7 Å². The van der Waals surface area contributed by atoms with Crippen LogP contribution in [0.15, 0.2) is 17.0 Å². The number of amides is 1. The van der Waals surface area contributed by atoms with E-state index < -0.39 is 71.9 Å². The zero-order valence-corrected chi connectivity index (χ0v) is 14.0. The van der Waals surface area contributed by atoms with E-state index in [-0.39, 0.29) is 6.07 Å². The number of rotatable bonds is 3. The Hall–Kier alpha value is -2.27. The second kappa shape index (κ2) is 6.80. The number of carbonyl (C=O) groups excluding carboxylic acids is 1. The van der Waals surface area contributed by atoms with Crippen molar-refractivity contribution < 1.29 is 39.6 Å². The highest BCUT2D eigenvalue weighted by molar-refractivity contribution is 7.90. The van der Waals surface area contributed by atoms with E-state index in [1.54, 1.807) is 0 Å². The van der Waals surface area contributed by atoms with Crippen LogP contribution in [0.2, 0.25) is 5.02 Å². The summed E-state index contributed by atoms with van der Waals surface area (Å²) in [7, 11) is -4.70. The molecule has 0 aliphatic heterocycles. The molecule has 0 fully saturated rings. The van der Waals surface area contributed by atoms with E-state index in [0.29, 0.717) is 6.07 Å². The molecule has 0 saturated heterocycles. The molecule has 4 nitrogen and oxygen atoms in total. The molecule has 12 heteroatoms. The van der Waals surface area contributed by atoms with Crippen molar-refractivity contribution in [3.8, 4) is 11.1 Å². The fourth-order valence-electron chi connectivity index (χ4n) is 2.01. The van der Waals surface area contributed by atoms with Crippen LogP contribution in [0.3, 0.4) is 0 Å². The Morgan fingerprint density at radius 2 is 1.38 bits per heavy atom. The van der Waals surface area contributed by atoms with E-state index in [1.165, 1.54) is 4.72 Å². The summed E-state index contributed by atoms with van der Waals surface area (Å²) >= 11 is 5.56. The number of benzene rings is 2. The molecule has 2 aromatic rings. The summed E-state index contributed by atoms with van der Waals surface area (Å²) in [4.78, 5) is 9.93. The van der Waals surface area contributed by atoms with E-state index in [9.17, 15) is 39.6 Å². The van der Waals surface area contributed by atoms with Gasteiger partial charge in [0.15, 0.2) is 23.3 Å². The first-order chi connectivity index (χ1) is 11.9. The minimum Gasteiger partial charge on any atom is -0.274 e. The fraction of sp³-hybridized carbons (Fsp3) is 0.0714. The maximum Gasteiger partial charge on any atom is 0.265 e. The maximum atomic E-state index is 14.1. The Balaban J connectivity index is 2.86. The van der Waals surface area contributed by atoms with Crippen LogP contribution >= 0.6 is 11.6 Å². The normalized spacial score (nSPS) is 11.5. The van der Waals surface area contributed by atoms with Gasteiger partial charge in [0, 0.05) is 12.5 Å². The molecule has 0 radical (unpaired) electrons. The summed E-state index contributed by atoms with van der Waals surface area (Å²) in [6.07, 6.45) is 0. The third-order valence-corrected chi connectivity index (χ3v) is 4.97. The average Bonchev–Trinajstić information content (AvgIpc) is 2.51. The fourth-order valence-corrected chi connectivity index (χ4v) is 3.54. The Bertz CT molecular complexity index is 1010. The van der Waals surface area contributed by atoms with Crippen molar-refractivity contribution in [1.29, 1.82) is 0 Å². The summed E-state index contributed by atoms with van der Waals surface area (Å²) in [6, 6.07) is 0.546. The molecule has 140 valence electrons. The van der Waals surface area contributed by atoms with E-state index in [2.05, 4.69) is 0 Å². The Kier molecular flexibility index (Phi) is 5.24. The van der Waals surface area contributed by atoms with Crippen LogP contribution in [0.4, 0.5) is 26.3 Å². The predicted molar refractivity (Wildman–Crippen MR) is 77.6 cm³/mol. The molecular formula is C14H6ClF6NO3S. The number of halogens is 7. The van der Waals surface area contributed by atoms with Gasteiger partial charge in [-0.25, -0.2) is 39.5 Å². The van der Waals surface area contributed by atoms with Gasteiger partial charge in [-0.2, -0.15) is 0 Å².